The zero-order valence-electron chi connectivity index (χ0n) is 14.8. The summed E-state index contributed by atoms with van der Waals surface area (Å²) in [6, 6.07) is 15.5. The third kappa shape index (κ3) is 3.90. The molecule has 138 valence electrons. The number of rotatable bonds is 5. The summed E-state index contributed by atoms with van der Waals surface area (Å²) in [4.78, 5) is 13.2. The summed E-state index contributed by atoms with van der Waals surface area (Å²) < 4.78 is 5.51. The van der Waals surface area contributed by atoms with E-state index in [-0.39, 0.29) is 11.8 Å². The first-order chi connectivity index (χ1) is 12.5. The number of ether oxygens (including phenoxy) is 1. The summed E-state index contributed by atoms with van der Waals surface area (Å²) in [5, 5.41) is 4.39. The molecule has 0 aliphatic carbocycles. The van der Waals surface area contributed by atoms with Crippen molar-refractivity contribution in [1.82, 2.24) is 5.32 Å². The number of hydrogen-bond donors (Lipinski definition) is 1. The van der Waals surface area contributed by atoms with Crippen LogP contribution in [0.25, 0.3) is 0 Å². The molecule has 3 rings (SSSR count). The number of carbonyl (C=O) groups is 1. The molecule has 3 nitrogen and oxygen atoms in total. The van der Waals surface area contributed by atoms with Crippen molar-refractivity contribution in [2.45, 2.75) is 31.1 Å². The minimum Gasteiger partial charge on any atom is -0.381 e. The number of benzene rings is 2. The Bertz CT molecular complexity index is 738. The second-order valence-electron chi connectivity index (χ2n) is 6.81. The fourth-order valence-electron chi connectivity index (χ4n) is 3.62. The third-order valence-electron chi connectivity index (χ3n) is 5.17. The van der Waals surface area contributed by atoms with Crippen LogP contribution in [0, 0.1) is 0 Å². The van der Waals surface area contributed by atoms with Gasteiger partial charge in [0.15, 0.2) is 0 Å². The lowest BCUT2D eigenvalue weighted by atomic mass is 9.73. The summed E-state index contributed by atoms with van der Waals surface area (Å²) in [7, 11) is 0. The van der Waals surface area contributed by atoms with Gasteiger partial charge in [-0.05, 0) is 36.1 Å². The summed E-state index contributed by atoms with van der Waals surface area (Å²) in [6.07, 6.45) is 1.37. The maximum Gasteiger partial charge on any atom is 0.230 e. The number of nitrogens with one attached hydrogen (secondary N) is 1. The van der Waals surface area contributed by atoms with Crippen LogP contribution >= 0.6 is 23.2 Å². The Kier molecular flexibility index (Phi) is 6.23. The fraction of sp³-hybridized carbons (Fsp3) is 0.381. The lowest BCUT2D eigenvalue weighted by Gasteiger charge is -2.36. The first-order valence-electron chi connectivity index (χ1n) is 8.90. The first kappa shape index (κ1) is 19.2. The molecule has 2 aromatic carbocycles. The highest BCUT2D eigenvalue weighted by atomic mass is 35.5. The van der Waals surface area contributed by atoms with Crippen molar-refractivity contribution in [2.24, 2.45) is 0 Å². The summed E-state index contributed by atoms with van der Waals surface area (Å²) in [5.74, 6) is 0.0647. The molecular formula is C21H23Cl2NO2. The highest BCUT2D eigenvalue weighted by molar-refractivity contribution is 6.36. The average Bonchev–Trinajstić information content (AvgIpc) is 2.67. The fourth-order valence-corrected chi connectivity index (χ4v) is 4.39. The summed E-state index contributed by atoms with van der Waals surface area (Å²) in [6.45, 7) is 3.69. The minimum atomic E-state index is -0.538. The van der Waals surface area contributed by atoms with Gasteiger partial charge in [-0.1, -0.05) is 66.5 Å². The smallest absolute Gasteiger partial charge is 0.230 e. The molecule has 1 heterocycles. The molecule has 0 radical (unpaired) electrons. The van der Waals surface area contributed by atoms with E-state index in [9.17, 15) is 4.79 Å². The van der Waals surface area contributed by atoms with Crippen molar-refractivity contribution in [3.05, 3.63) is 69.7 Å². The van der Waals surface area contributed by atoms with Crippen LogP contribution < -0.4 is 5.32 Å². The molecule has 2 aromatic rings. The number of hydrogen-bond acceptors (Lipinski definition) is 2. The maximum atomic E-state index is 13.2. The van der Waals surface area contributed by atoms with Crippen LogP contribution in [0.5, 0.6) is 0 Å². The SMILES string of the molecule is CC(CNC(=O)C1(c2ccccc2)CCOCC1)c1c(Cl)cccc1Cl. The van der Waals surface area contributed by atoms with Gasteiger partial charge in [0, 0.05) is 35.7 Å². The van der Waals surface area contributed by atoms with E-state index in [1.807, 2.05) is 55.5 Å². The second kappa shape index (κ2) is 8.43. The highest BCUT2D eigenvalue weighted by Crippen LogP contribution is 2.36. The van der Waals surface area contributed by atoms with Crippen molar-refractivity contribution in [3.8, 4) is 0 Å². The van der Waals surface area contributed by atoms with Crippen molar-refractivity contribution < 1.29 is 9.53 Å². The van der Waals surface area contributed by atoms with Gasteiger partial charge < -0.3 is 10.1 Å². The van der Waals surface area contributed by atoms with Crippen LogP contribution in [0.15, 0.2) is 48.5 Å². The minimum absolute atomic E-state index is 0.0211. The Morgan fingerprint density at radius 1 is 1.08 bits per heavy atom. The van der Waals surface area contributed by atoms with Gasteiger partial charge in [0.05, 0.1) is 5.41 Å². The van der Waals surface area contributed by atoms with E-state index < -0.39 is 5.41 Å². The maximum absolute atomic E-state index is 13.2. The van der Waals surface area contributed by atoms with Crippen molar-refractivity contribution in [1.29, 1.82) is 0 Å². The third-order valence-corrected chi connectivity index (χ3v) is 5.83. The molecule has 1 atom stereocenters. The van der Waals surface area contributed by atoms with Gasteiger partial charge in [0.1, 0.15) is 0 Å². The highest BCUT2D eigenvalue weighted by Gasteiger charge is 2.41. The Balaban J connectivity index is 1.77. The zero-order valence-corrected chi connectivity index (χ0v) is 16.3. The quantitative estimate of drug-likeness (QED) is 0.781. The summed E-state index contributed by atoms with van der Waals surface area (Å²) >= 11 is 12.6. The van der Waals surface area contributed by atoms with Gasteiger partial charge in [-0.2, -0.15) is 0 Å². The Morgan fingerprint density at radius 2 is 1.69 bits per heavy atom. The van der Waals surface area contributed by atoms with Gasteiger partial charge in [-0.3, -0.25) is 4.79 Å². The van der Waals surface area contributed by atoms with E-state index in [0.717, 1.165) is 11.1 Å². The van der Waals surface area contributed by atoms with Crippen LogP contribution in [0.2, 0.25) is 10.0 Å². The van der Waals surface area contributed by atoms with E-state index in [2.05, 4.69) is 5.32 Å². The van der Waals surface area contributed by atoms with Gasteiger partial charge in [-0.25, -0.2) is 0 Å². The van der Waals surface area contributed by atoms with Crippen LogP contribution in [0.4, 0.5) is 0 Å². The molecule has 1 amide bonds. The molecule has 0 bridgehead atoms. The molecular weight excluding hydrogens is 369 g/mol. The molecule has 0 saturated carbocycles. The van der Waals surface area contributed by atoms with Gasteiger partial charge in [-0.15, -0.1) is 0 Å². The lowest BCUT2D eigenvalue weighted by Crippen LogP contribution is -2.48. The molecule has 1 fully saturated rings. The summed E-state index contributed by atoms with van der Waals surface area (Å²) in [5.41, 5.74) is 1.38. The predicted octanol–water partition coefficient (Wildman–Crippen LogP) is 4.96. The van der Waals surface area contributed by atoms with Gasteiger partial charge in [0.2, 0.25) is 5.91 Å². The van der Waals surface area contributed by atoms with Crippen molar-refractivity contribution >= 4 is 29.1 Å². The van der Waals surface area contributed by atoms with Crippen LogP contribution in [-0.2, 0) is 14.9 Å². The Labute approximate surface area is 164 Å². The molecule has 5 heteroatoms. The molecule has 1 N–H and O–H groups in total. The number of halogens is 2. The van der Waals surface area contributed by atoms with Gasteiger partial charge >= 0.3 is 0 Å². The van der Waals surface area contributed by atoms with Gasteiger partial charge in [0.25, 0.3) is 0 Å². The second-order valence-corrected chi connectivity index (χ2v) is 7.62. The predicted molar refractivity (Wildman–Crippen MR) is 106 cm³/mol. The zero-order chi connectivity index (χ0) is 18.6. The molecule has 0 aromatic heterocycles. The molecule has 26 heavy (non-hydrogen) atoms. The van der Waals surface area contributed by atoms with Crippen molar-refractivity contribution in [3.63, 3.8) is 0 Å². The van der Waals surface area contributed by atoms with E-state index in [4.69, 9.17) is 27.9 Å². The standard InChI is InChI=1S/C21H23Cl2NO2/c1-15(19-17(22)8-5-9-18(19)23)14-24-20(25)21(10-12-26-13-11-21)16-6-3-2-4-7-16/h2-9,15H,10-14H2,1H3,(H,24,25). The molecule has 1 unspecified atom stereocenters. The lowest BCUT2D eigenvalue weighted by molar-refractivity contribution is -0.130. The normalized spacial score (nSPS) is 17.5. The van der Waals surface area contributed by atoms with Crippen LogP contribution in [0.1, 0.15) is 36.8 Å². The number of carbonyl (C=O) groups excluding carboxylic acids is 1. The monoisotopic (exact) mass is 391 g/mol. The Hall–Kier alpha value is -1.55. The molecule has 1 aliphatic rings. The van der Waals surface area contributed by atoms with E-state index >= 15 is 0 Å². The van der Waals surface area contributed by atoms with Crippen LogP contribution in [0.3, 0.4) is 0 Å². The van der Waals surface area contributed by atoms with Crippen LogP contribution in [-0.4, -0.2) is 25.7 Å². The number of amides is 1. The molecule has 0 spiro atoms. The molecule has 1 aliphatic heterocycles. The molecule has 1 saturated heterocycles. The largest absolute Gasteiger partial charge is 0.381 e. The average molecular weight is 392 g/mol. The van der Waals surface area contributed by atoms with E-state index in [0.29, 0.717) is 42.6 Å². The van der Waals surface area contributed by atoms with Crippen molar-refractivity contribution in [2.75, 3.05) is 19.8 Å². The van der Waals surface area contributed by atoms with E-state index in [1.165, 1.54) is 0 Å². The topological polar surface area (TPSA) is 38.3 Å². The van der Waals surface area contributed by atoms with E-state index in [1.54, 1.807) is 0 Å². The Morgan fingerprint density at radius 3 is 2.31 bits per heavy atom. The first-order valence-corrected chi connectivity index (χ1v) is 9.66.